The van der Waals surface area contributed by atoms with Crippen LogP contribution in [0.25, 0.3) is 0 Å². The van der Waals surface area contributed by atoms with Crippen molar-refractivity contribution in [3.63, 3.8) is 0 Å². The average molecular weight is 256 g/mol. The lowest BCUT2D eigenvalue weighted by atomic mass is 10.0. The third kappa shape index (κ3) is 2.69. The van der Waals surface area contributed by atoms with Gasteiger partial charge in [-0.25, -0.2) is 0 Å². The van der Waals surface area contributed by atoms with Crippen LogP contribution in [0.3, 0.4) is 0 Å². The van der Waals surface area contributed by atoms with Gasteiger partial charge in [-0.05, 0) is 35.8 Å². The number of nitrogens with one attached hydrogen (secondary N) is 1. The highest BCUT2D eigenvalue weighted by atomic mass is 15.3. The van der Waals surface area contributed by atoms with Crippen molar-refractivity contribution >= 4 is 0 Å². The highest BCUT2D eigenvalue weighted by molar-refractivity contribution is 5.27. The maximum absolute atomic E-state index is 5.73. The lowest BCUT2D eigenvalue weighted by Gasteiger charge is -2.15. The molecule has 3 rings (SSSR count). The Labute approximate surface area is 113 Å². The summed E-state index contributed by atoms with van der Waals surface area (Å²) in [7, 11) is 1.94. The van der Waals surface area contributed by atoms with Crippen molar-refractivity contribution in [2.24, 2.45) is 18.8 Å². The normalized spacial score (nSPS) is 23.3. The first kappa shape index (κ1) is 12.4. The molecule has 1 aromatic carbocycles. The molecule has 3 atom stereocenters. The molecule has 0 spiro atoms. The van der Waals surface area contributed by atoms with Crippen LogP contribution >= 0.6 is 0 Å². The molecule has 3 unspecified atom stereocenters. The molecule has 19 heavy (non-hydrogen) atoms. The van der Waals surface area contributed by atoms with Gasteiger partial charge in [-0.2, -0.15) is 5.10 Å². The van der Waals surface area contributed by atoms with Crippen molar-refractivity contribution in [3.05, 3.63) is 53.9 Å². The van der Waals surface area contributed by atoms with Crippen LogP contribution in [-0.4, -0.2) is 15.8 Å². The standard InChI is InChI=1S/C15H20N4/c1-19-10-11(9-17-19)7-15(18-16)14-8-13(14)12-5-3-2-4-6-12/h2-6,9-10,13-15,18H,7-8,16H2,1H3. The van der Waals surface area contributed by atoms with Gasteiger partial charge < -0.3 is 0 Å². The molecule has 1 saturated carbocycles. The van der Waals surface area contributed by atoms with Crippen molar-refractivity contribution in [1.82, 2.24) is 15.2 Å². The first-order valence-corrected chi connectivity index (χ1v) is 6.76. The largest absolute Gasteiger partial charge is 0.276 e. The van der Waals surface area contributed by atoms with Crippen molar-refractivity contribution in [3.8, 4) is 0 Å². The van der Waals surface area contributed by atoms with Gasteiger partial charge in [0.25, 0.3) is 0 Å². The molecule has 2 aromatic rings. The van der Waals surface area contributed by atoms with E-state index in [4.69, 9.17) is 5.84 Å². The molecule has 100 valence electrons. The first-order valence-electron chi connectivity index (χ1n) is 6.76. The third-order valence-electron chi connectivity index (χ3n) is 4.01. The van der Waals surface area contributed by atoms with Gasteiger partial charge in [0.05, 0.1) is 6.20 Å². The summed E-state index contributed by atoms with van der Waals surface area (Å²) in [5, 5.41) is 4.21. The highest BCUT2D eigenvalue weighted by Gasteiger charge is 2.43. The summed E-state index contributed by atoms with van der Waals surface area (Å²) in [5.74, 6) is 7.02. The van der Waals surface area contributed by atoms with E-state index in [1.54, 1.807) is 0 Å². The summed E-state index contributed by atoms with van der Waals surface area (Å²) >= 11 is 0. The molecule has 4 heteroatoms. The fourth-order valence-electron chi connectivity index (χ4n) is 2.91. The van der Waals surface area contributed by atoms with E-state index in [1.807, 2.05) is 17.9 Å². The number of hydrogen-bond donors (Lipinski definition) is 2. The van der Waals surface area contributed by atoms with E-state index in [1.165, 1.54) is 17.5 Å². The molecular weight excluding hydrogens is 236 g/mol. The summed E-state index contributed by atoms with van der Waals surface area (Å²) in [5.41, 5.74) is 5.65. The molecule has 0 bridgehead atoms. The number of nitrogens with two attached hydrogens (primary N) is 1. The minimum atomic E-state index is 0.328. The summed E-state index contributed by atoms with van der Waals surface area (Å²) < 4.78 is 1.84. The molecule has 4 nitrogen and oxygen atoms in total. The van der Waals surface area contributed by atoms with E-state index in [2.05, 4.69) is 47.1 Å². The van der Waals surface area contributed by atoms with Crippen LogP contribution in [-0.2, 0) is 13.5 Å². The first-order chi connectivity index (χ1) is 9.28. The number of hydrogen-bond acceptors (Lipinski definition) is 3. The van der Waals surface area contributed by atoms with Gasteiger partial charge in [-0.1, -0.05) is 30.3 Å². The van der Waals surface area contributed by atoms with E-state index < -0.39 is 0 Å². The summed E-state index contributed by atoms with van der Waals surface area (Å²) in [4.78, 5) is 0. The minimum absolute atomic E-state index is 0.328. The summed E-state index contributed by atoms with van der Waals surface area (Å²) in [6, 6.07) is 11.0. The smallest absolute Gasteiger partial charge is 0.0522 e. The Morgan fingerprint density at radius 2 is 2.21 bits per heavy atom. The second-order valence-corrected chi connectivity index (χ2v) is 5.42. The summed E-state index contributed by atoms with van der Waals surface area (Å²) in [6.07, 6.45) is 6.14. The SMILES string of the molecule is Cn1cc(CC(NN)C2CC2c2ccccc2)cn1. The predicted molar refractivity (Wildman–Crippen MR) is 75.3 cm³/mol. The van der Waals surface area contributed by atoms with Crippen LogP contribution in [0.1, 0.15) is 23.5 Å². The molecule has 1 aliphatic rings. The molecule has 1 fully saturated rings. The molecule has 1 aromatic heterocycles. The number of hydrazine groups is 1. The fraction of sp³-hybridized carbons (Fsp3) is 0.400. The van der Waals surface area contributed by atoms with Crippen molar-refractivity contribution in [2.45, 2.75) is 24.8 Å². The van der Waals surface area contributed by atoms with Gasteiger partial charge in [0, 0.05) is 19.3 Å². The number of aromatic nitrogens is 2. The fourth-order valence-corrected chi connectivity index (χ4v) is 2.91. The Kier molecular flexibility index (Phi) is 3.36. The van der Waals surface area contributed by atoms with Gasteiger partial charge in [0.2, 0.25) is 0 Å². The topological polar surface area (TPSA) is 55.9 Å². The maximum Gasteiger partial charge on any atom is 0.0522 e. The Morgan fingerprint density at radius 1 is 1.42 bits per heavy atom. The van der Waals surface area contributed by atoms with Crippen LogP contribution in [0.2, 0.25) is 0 Å². The molecule has 0 saturated heterocycles. The molecule has 1 aliphatic carbocycles. The van der Waals surface area contributed by atoms with E-state index in [-0.39, 0.29) is 0 Å². The van der Waals surface area contributed by atoms with Gasteiger partial charge in [0.1, 0.15) is 0 Å². The Morgan fingerprint density at radius 3 is 2.84 bits per heavy atom. The third-order valence-corrected chi connectivity index (χ3v) is 4.01. The zero-order valence-electron chi connectivity index (χ0n) is 11.2. The van der Waals surface area contributed by atoms with E-state index in [0.717, 1.165) is 6.42 Å². The zero-order valence-corrected chi connectivity index (χ0v) is 11.2. The average Bonchev–Trinajstić information content (AvgIpc) is 3.13. The molecule has 0 radical (unpaired) electrons. The van der Waals surface area contributed by atoms with Gasteiger partial charge >= 0.3 is 0 Å². The lowest BCUT2D eigenvalue weighted by molar-refractivity contribution is 0.464. The monoisotopic (exact) mass is 256 g/mol. The Hall–Kier alpha value is -1.65. The maximum atomic E-state index is 5.73. The van der Waals surface area contributed by atoms with Crippen molar-refractivity contribution in [1.29, 1.82) is 0 Å². The van der Waals surface area contributed by atoms with Crippen LogP contribution < -0.4 is 11.3 Å². The zero-order chi connectivity index (χ0) is 13.2. The van der Waals surface area contributed by atoms with E-state index in [0.29, 0.717) is 17.9 Å². The number of nitrogens with zero attached hydrogens (tertiary/aromatic N) is 2. The molecule has 3 N–H and O–H groups in total. The second kappa shape index (κ2) is 5.15. The lowest BCUT2D eigenvalue weighted by Crippen LogP contribution is -2.38. The van der Waals surface area contributed by atoms with Gasteiger partial charge in [0.15, 0.2) is 0 Å². The molecule has 0 aliphatic heterocycles. The molecule has 0 amide bonds. The van der Waals surface area contributed by atoms with Crippen molar-refractivity contribution < 1.29 is 0 Å². The van der Waals surface area contributed by atoms with Crippen molar-refractivity contribution in [2.75, 3.05) is 0 Å². The number of benzene rings is 1. The quantitative estimate of drug-likeness (QED) is 0.631. The number of rotatable bonds is 5. The summed E-state index contributed by atoms with van der Waals surface area (Å²) in [6.45, 7) is 0. The number of aryl methyl sites for hydroxylation is 1. The highest BCUT2D eigenvalue weighted by Crippen LogP contribution is 2.49. The molecule has 1 heterocycles. The van der Waals surface area contributed by atoms with Crippen LogP contribution in [0.5, 0.6) is 0 Å². The van der Waals surface area contributed by atoms with E-state index >= 15 is 0 Å². The van der Waals surface area contributed by atoms with Crippen LogP contribution in [0.15, 0.2) is 42.7 Å². The predicted octanol–water partition coefficient (Wildman–Crippen LogP) is 1.60. The van der Waals surface area contributed by atoms with Gasteiger partial charge in [-0.15, -0.1) is 0 Å². The Balaban J connectivity index is 1.65. The minimum Gasteiger partial charge on any atom is -0.276 e. The molecular formula is C15H20N4. The van der Waals surface area contributed by atoms with E-state index in [9.17, 15) is 0 Å². The van der Waals surface area contributed by atoms with Gasteiger partial charge in [-0.3, -0.25) is 16.0 Å². The van der Waals surface area contributed by atoms with Crippen LogP contribution in [0.4, 0.5) is 0 Å². The second-order valence-electron chi connectivity index (χ2n) is 5.42. The van der Waals surface area contributed by atoms with Crippen LogP contribution in [0, 0.1) is 5.92 Å². The Bertz CT molecular complexity index is 534.